The maximum Gasteiger partial charge on any atom is 0.438 e. The lowest BCUT2D eigenvalue weighted by Gasteiger charge is -2.32. The molecule has 27 heavy (non-hydrogen) atoms. The first-order valence-electron chi connectivity index (χ1n) is 7.73. The molecule has 10 heteroatoms. The van der Waals surface area contributed by atoms with Gasteiger partial charge in [-0.1, -0.05) is 12.1 Å². The SMILES string of the molecule is Oc1cccc(-c2csc(N3N=C(c4ccco4)C[C@]3(O)C(F)(F)F)n2)c1. The molecule has 0 saturated carbocycles. The molecule has 1 aromatic carbocycles. The van der Waals surface area contributed by atoms with Crippen molar-refractivity contribution in [1.29, 1.82) is 0 Å². The summed E-state index contributed by atoms with van der Waals surface area (Å²) in [6.07, 6.45) is -4.44. The van der Waals surface area contributed by atoms with E-state index >= 15 is 0 Å². The summed E-state index contributed by atoms with van der Waals surface area (Å²) >= 11 is 0.901. The molecular weight excluding hydrogens is 383 g/mol. The van der Waals surface area contributed by atoms with Crippen LogP contribution < -0.4 is 5.01 Å². The number of hydrogen-bond donors (Lipinski definition) is 2. The van der Waals surface area contributed by atoms with E-state index in [0.717, 1.165) is 11.3 Å². The van der Waals surface area contributed by atoms with Gasteiger partial charge in [-0.05, 0) is 24.3 Å². The molecule has 1 atom stereocenters. The Hall–Kier alpha value is -2.85. The maximum absolute atomic E-state index is 13.6. The first kappa shape index (κ1) is 17.6. The number of aromatic hydroxyl groups is 1. The average Bonchev–Trinajstić information content (AvgIpc) is 3.33. The minimum atomic E-state index is -4.97. The van der Waals surface area contributed by atoms with Crippen LogP contribution in [0.4, 0.5) is 18.3 Å². The number of aromatic nitrogens is 1. The van der Waals surface area contributed by atoms with Crippen LogP contribution in [-0.2, 0) is 0 Å². The third kappa shape index (κ3) is 2.96. The molecule has 140 valence electrons. The van der Waals surface area contributed by atoms with Gasteiger partial charge in [0.05, 0.1) is 18.4 Å². The number of anilines is 1. The summed E-state index contributed by atoms with van der Waals surface area (Å²) in [6, 6.07) is 9.17. The van der Waals surface area contributed by atoms with Crippen molar-refractivity contribution in [3.05, 3.63) is 53.8 Å². The second-order valence-electron chi connectivity index (χ2n) is 5.89. The van der Waals surface area contributed by atoms with Crippen LogP contribution in [0.2, 0.25) is 0 Å². The normalized spacial score (nSPS) is 20.1. The summed E-state index contributed by atoms with van der Waals surface area (Å²) in [5.41, 5.74) is -2.38. The topological polar surface area (TPSA) is 82.1 Å². The number of nitrogens with zero attached hydrogens (tertiary/aromatic N) is 3. The predicted molar refractivity (Wildman–Crippen MR) is 92.6 cm³/mol. The van der Waals surface area contributed by atoms with Crippen LogP contribution in [0, 0.1) is 0 Å². The van der Waals surface area contributed by atoms with Gasteiger partial charge in [0, 0.05) is 10.9 Å². The minimum absolute atomic E-state index is 0.00754. The molecule has 6 nitrogen and oxygen atoms in total. The molecule has 2 aromatic heterocycles. The molecule has 0 aliphatic carbocycles. The van der Waals surface area contributed by atoms with E-state index in [1.54, 1.807) is 12.1 Å². The van der Waals surface area contributed by atoms with Crippen molar-refractivity contribution >= 4 is 22.2 Å². The molecule has 3 aromatic rings. The number of phenols is 1. The summed E-state index contributed by atoms with van der Waals surface area (Å²) in [5, 5.41) is 25.8. The third-order valence-electron chi connectivity index (χ3n) is 4.06. The zero-order valence-corrected chi connectivity index (χ0v) is 14.3. The van der Waals surface area contributed by atoms with Crippen molar-refractivity contribution < 1.29 is 27.8 Å². The van der Waals surface area contributed by atoms with E-state index in [1.807, 2.05) is 0 Å². The molecule has 0 fully saturated rings. The molecule has 0 saturated heterocycles. The van der Waals surface area contributed by atoms with Crippen molar-refractivity contribution in [1.82, 2.24) is 4.98 Å². The summed E-state index contributed by atoms with van der Waals surface area (Å²) in [5.74, 6) is 0.151. The van der Waals surface area contributed by atoms with E-state index < -0.39 is 18.3 Å². The van der Waals surface area contributed by atoms with Crippen molar-refractivity contribution in [2.24, 2.45) is 5.10 Å². The Balaban J connectivity index is 1.75. The van der Waals surface area contributed by atoms with Crippen LogP contribution >= 0.6 is 11.3 Å². The molecule has 0 bridgehead atoms. The van der Waals surface area contributed by atoms with Gasteiger partial charge in [-0.15, -0.1) is 11.3 Å². The minimum Gasteiger partial charge on any atom is -0.508 e. The fraction of sp³-hybridized carbons (Fsp3) is 0.176. The van der Waals surface area contributed by atoms with Crippen LogP contribution in [0.15, 0.2) is 57.6 Å². The van der Waals surface area contributed by atoms with Crippen LogP contribution in [0.3, 0.4) is 0 Å². The zero-order valence-electron chi connectivity index (χ0n) is 13.5. The Kier molecular flexibility index (Phi) is 3.97. The molecule has 2 N–H and O–H groups in total. The molecular formula is C17H12F3N3O3S. The highest BCUT2D eigenvalue weighted by Crippen LogP contribution is 2.45. The van der Waals surface area contributed by atoms with Crippen LogP contribution in [0.1, 0.15) is 12.2 Å². The van der Waals surface area contributed by atoms with Gasteiger partial charge >= 0.3 is 6.18 Å². The number of hydrazone groups is 1. The Morgan fingerprint density at radius 3 is 2.70 bits per heavy atom. The smallest absolute Gasteiger partial charge is 0.438 e. The highest BCUT2D eigenvalue weighted by atomic mass is 32.1. The highest BCUT2D eigenvalue weighted by Gasteiger charge is 2.63. The van der Waals surface area contributed by atoms with E-state index in [2.05, 4.69) is 10.1 Å². The Morgan fingerprint density at radius 1 is 1.22 bits per heavy atom. The monoisotopic (exact) mass is 395 g/mol. The molecule has 4 rings (SSSR count). The third-order valence-corrected chi connectivity index (χ3v) is 4.88. The van der Waals surface area contributed by atoms with E-state index in [0.29, 0.717) is 16.3 Å². The van der Waals surface area contributed by atoms with Crippen molar-refractivity contribution in [2.45, 2.75) is 18.3 Å². The molecule has 0 amide bonds. The van der Waals surface area contributed by atoms with E-state index in [9.17, 15) is 23.4 Å². The zero-order chi connectivity index (χ0) is 19.2. The maximum atomic E-state index is 13.6. The van der Waals surface area contributed by atoms with Gasteiger partial charge < -0.3 is 14.6 Å². The van der Waals surface area contributed by atoms with Crippen LogP contribution in [0.25, 0.3) is 11.3 Å². The number of aliphatic hydroxyl groups is 1. The molecule has 1 aliphatic heterocycles. The van der Waals surface area contributed by atoms with Crippen LogP contribution in [-0.4, -0.2) is 32.8 Å². The van der Waals surface area contributed by atoms with E-state index in [-0.39, 0.29) is 22.4 Å². The lowest BCUT2D eigenvalue weighted by Crippen LogP contribution is -2.55. The Labute approximate surface area is 154 Å². The number of furan rings is 1. The van der Waals surface area contributed by atoms with Gasteiger partial charge in [0.1, 0.15) is 17.2 Å². The van der Waals surface area contributed by atoms with Crippen LogP contribution in [0.5, 0.6) is 5.75 Å². The first-order valence-corrected chi connectivity index (χ1v) is 8.61. The van der Waals surface area contributed by atoms with Gasteiger partial charge in [-0.2, -0.15) is 23.3 Å². The first-order chi connectivity index (χ1) is 12.8. The Morgan fingerprint density at radius 2 is 2.04 bits per heavy atom. The van der Waals surface area contributed by atoms with Gasteiger partial charge in [0.25, 0.3) is 5.72 Å². The number of hydrogen-bond acceptors (Lipinski definition) is 7. The predicted octanol–water partition coefficient (Wildman–Crippen LogP) is 3.97. The molecule has 0 radical (unpaired) electrons. The lowest BCUT2D eigenvalue weighted by molar-refractivity contribution is -0.254. The Bertz CT molecular complexity index is 1000. The van der Waals surface area contributed by atoms with Gasteiger partial charge in [-0.3, -0.25) is 0 Å². The van der Waals surface area contributed by atoms with Crippen molar-refractivity contribution in [2.75, 3.05) is 5.01 Å². The fourth-order valence-corrected chi connectivity index (χ4v) is 3.56. The van der Waals surface area contributed by atoms with Gasteiger partial charge in [-0.25, -0.2) is 4.98 Å². The molecule has 1 aliphatic rings. The highest BCUT2D eigenvalue weighted by molar-refractivity contribution is 7.14. The van der Waals surface area contributed by atoms with Crippen molar-refractivity contribution in [3.63, 3.8) is 0 Å². The second kappa shape index (κ2) is 6.10. The molecule has 3 heterocycles. The van der Waals surface area contributed by atoms with Gasteiger partial charge in [0.2, 0.25) is 5.13 Å². The summed E-state index contributed by atoms with van der Waals surface area (Å²) in [4.78, 5) is 4.16. The number of thiazole rings is 1. The fourth-order valence-electron chi connectivity index (χ4n) is 2.71. The molecule has 0 unspecified atom stereocenters. The standard InChI is InChI=1S/C17H12F3N3O3S/c18-17(19,20)16(25)8-12(14-5-2-6-26-14)22-23(16)15-21-13(9-27-15)10-3-1-4-11(24)7-10/h1-7,9,24-25H,8H2/t16-/m0/s1. The number of halogens is 3. The van der Waals surface area contributed by atoms with E-state index in [4.69, 9.17) is 4.42 Å². The van der Waals surface area contributed by atoms with Crippen molar-refractivity contribution in [3.8, 4) is 17.0 Å². The number of rotatable bonds is 3. The molecule has 0 spiro atoms. The average molecular weight is 395 g/mol. The summed E-state index contributed by atoms with van der Waals surface area (Å²) < 4.78 is 46.0. The van der Waals surface area contributed by atoms with E-state index in [1.165, 1.54) is 35.9 Å². The van der Waals surface area contributed by atoms with Gasteiger partial charge in [0.15, 0.2) is 0 Å². The lowest BCUT2D eigenvalue weighted by atomic mass is 10.1. The number of alkyl halides is 3. The quantitative estimate of drug-likeness (QED) is 0.701. The second-order valence-corrected chi connectivity index (χ2v) is 6.73. The number of benzene rings is 1. The summed E-state index contributed by atoms with van der Waals surface area (Å²) in [6.45, 7) is 0. The largest absolute Gasteiger partial charge is 0.508 e. The number of phenolic OH excluding ortho intramolecular Hbond substituents is 1. The summed E-state index contributed by atoms with van der Waals surface area (Å²) in [7, 11) is 0.